The molecule has 4 heteroatoms. The number of hydrogen-bond acceptors (Lipinski definition) is 3. The molecule has 1 N–H and O–H groups in total. The molecule has 0 atom stereocenters. The van der Waals surface area contributed by atoms with E-state index in [9.17, 15) is 0 Å². The van der Waals surface area contributed by atoms with Crippen molar-refractivity contribution in [3.05, 3.63) is 11.0 Å². The first-order chi connectivity index (χ1) is 3.70. The Balaban J connectivity index is 3.14. The van der Waals surface area contributed by atoms with Gasteiger partial charge in [0, 0.05) is 6.92 Å². The minimum atomic E-state index is -0.316. The van der Waals surface area contributed by atoms with Gasteiger partial charge in [-0.1, -0.05) is 11.6 Å². The lowest BCUT2D eigenvalue weighted by molar-refractivity contribution is 0.323. The van der Waals surface area contributed by atoms with E-state index in [1.165, 1.54) is 0 Å². The van der Waals surface area contributed by atoms with Crippen LogP contribution in [0.4, 0.5) is 0 Å². The number of nitrogens with zero attached hydrogens (tertiary/aromatic N) is 1. The van der Waals surface area contributed by atoms with E-state index >= 15 is 0 Å². The minimum absolute atomic E-state index is 0.0162. The molecule has 1 aromatic rings. The second-order valence-corrected chi connectivity index (χ2v) is 1.69. The summed E-state index contributed by atoms with van der Waals surface area (Å²) in [7, 11) is 0. The highest BCUT2D eigenvalue weighted by molar-refractivity contribution is 6.30. The van der Waals surface area contributed by atoms with Gasteiger partial charge in [0.25, 0.3) is 0 Å². The smallest absolute Gasteiger partial charge is 0.322 e. The van der Waals surface area contributed by atoms with Gasteiger partial charge in [-0.15, -0.1) is 0 Å². The maximum Gasteiger partial charge on any atom is 0.322 e. The lowest BCUT2D eigenvalue weighted by atomic mass is 10.8. The van der Waals surface area contributed by atoms with Crippen LogP contribution in [0, 0.1) is 6.92 Å². The van der Waals surface area contributed by atoms with Crippen LogP contribution in [0.1, 0.15) is 5.89 Å². The molecule has 44 valence electrons. The summed E-state index contributed by atoms with van der Waals surface area (Å²) < 4.78 is 4.53. The molecule has 0 saturated heterocycles. The lowest BCUT2D eigenvalue weighted by Crippen LogP contribution is -1.63. The van der Waals surface area contributed by atoms with Gasteiger partial charge >= 0.3 is 5.95 Å². The van der Waals surface area contributed by atoms with E-state index in [4.69, 9.17) is 16.7 Å². The Bertz CT molecular complexity index is 176. The summed E-state index contributed by atoms with van der Waals surface area (Å²) in [6, 6.07) is 0. The number of aryl methyl sites for hydroxylation is 1. The van der Waals surface area contributed by atoms with Crippen LogP contribution < -0.4 is 0 Å². The zero-order valence-electron chi connectivity index (χ0n) is 4.18. The molecule has 0 aliphatic heterocycles. The van der Waals surface area contributed by atoms with Gasteiger partial charge < -0.3 is 9.52 Å². The van der Waals surface area contributed by atoms with Crippen molar-refractivity contribution < 1.29 is 9.52 Å². The highest BCUT2D eigenvalue weighted by atomic mass is 35.5. The van der Waals surface area contributed by atoms with Crippen LogP contribution >= 0.6 is 11.6 Å². The predicted molar refractivity (Wildman–Crippen MR) is 27.9 cm³/mol. The summed E-state index contributed by atoms with van der Waals surface area (Å²) in [5, 5.41) is 8.60. The van der Waals surface area contributed by atoms with Crippen LogP contribution in [-0.4, -0.2) is 10.1 Å². The van der Waals surface area contributed by atoms with E-state index in [2.05, 4.69) is 9.40 Å². The largest absolute Gasteiger partial charge is 0.478 e. The number of aromatic hydroxyl groups is 1. The highest BCUT2D eigenvalue weighted by Crippen LogP contribution is 2.21. The standard InChI is InChI=1S/C4H4ClNO2/c1-2-6-3(5)4(7)8-2/h7H,1H3. The van der Waals surface area contributed by atoms with Gasteiger partial charge in [-0.25, -0.2) is 0 Å². The monoisotopic (exact) mass is 133 g/mol. The van der Waals surface area contributed by atoms with Gasteiger partial charge in [-0.2, -0.15) is 4.98 Å². The first-order valence-electron chi connectivity index (χ1n) is 2.02. The van der Waals surface area contributed by atoms with Gasteiger partial charge in [-0.3, -0.25) is 0 Å². The van der Waals surface area contributed by atoms with E-state index in [0.717, 1.165) is 0 Å². The summed E-state index contributed by atoms with van der Waals surface area (Å²) in [6.07, 6.45) is 0. The number of rotatable bonds is 0. The van der Waals surface area contributed by atoms with Crippen LogP contribution in [0.5, 0.6) is 5.95 Å². The van der Waals surface area contributed by atoms with Crippen molar-refractivity contribution in [1.82, 2.24) is 4.98 Å². The average Bonchev–Trinajstić information content (AvgIpc) is 1.85. The quantitative estimate of drug-likeness (QED) is 0.581. The minimum Gasteiger partial charge on any atom is -0.478 e. The molecule has 1 aromatic heterocycles. The molecule has 0 spiro atoms. The molecule has 3 nitrogen and oxygen atoms in total. The average molecular weight is 134 g/mol. The molecular weight excluding hydrogens is 130 g/mol. The molecule has 0 aliphatic carbocycles. The van der Waals surface area contributed by atoms with E-state index < -0.39 is 0 Å². The summed E-state index contributed by atoms with van der Waals surface area (Å²) in [6.45, 7) is 1.60. The van der Waals surface area contributed by atoms with Crippen molar-refractivity contribution in [2.45, 2.75) is 6.92 Å². The molecule has 0 fully saturated rings. The molecule has 8 heavy (non-hydrogen) atoms. The van der Waals surface area contributed by atoms with Crippen molar-refractivity contribution in [2.24, 2.45) is 0 Å². The molecule has 0 bridgehead atoms. The lowest BCUT2D eigenvalue weighted by Gasteiger charge is -1.74. The van der Waals surface area contributed by atoms with Crippen LogP contribution in [-0.2, 0) is 0 Å². The van der Waals surface area contributed by atoms with E-state index in [0.29, 0.717) is 5.89 Å². The maximum atomic E-state index is 8.58. The third-order valence-corrected chi connectivity index (χ3v) is 0.923. The van der Waals surface area contributed by atoms with Crippen LogP contribution in [0.2, 0.25) is 5.15 Å². The van der Waals surface area contributed by atoms with Crippen LogP contribution in [0.25, 0.3) is 0 Å². The molecule has 0 radical (unpaired) electrons. The molecule has 0 saturated carbocycles. The maximum absolute atomic E-state index is 8.58. The zero-order chi connectivity index (χ0) is 6.15. The molecule has 0 aromatic carbocycles. The zero-order valence-corrected chi connectivity index (χ0v) is 4.94. The van der Waals surface area contributed by atoms with Gasteiger partial charge in [0.05, 0.1) is 0 Å². The Morgan fingerprint density at radius 1 is 1.75 bits per heavy atom. The second-order valence-electron chi connectivity index (χ2n) is 1.33. The molecule has 1 heterocycles. The summed E-state index contributed by atoms with van der Waals surface area (Å²) >= 11 is 5.27. The topological polar surface area (TPSA) is 46.3 Å². The molecule has 0 aliphatic rings. The predicted octanol–water partition coefficient (Wildman–Crippen LogP) is 1.34. The Morgan fingerprint density at radius 2 is 2.38 bits per heavy atom. The van der Waals surface area contributed by atoms with Crippen molar-refractivity contribution in [2.75, 3.05) is 0 Å². The van der Waals surface area contributed by atoms with Crippen molar-refractivity contribution in [3.8, 4) is 5.95 Å². The normalized spacial score (nSPS) is 9.75. The van der Waals surface area contributed by atoms with Crippen LogP contribution in [0.15, 0.2) is 4.42 Å². The molecular formula is C4H4ClNO2. The third-order valence-electron chi connectivity index (χ3n) is 0.676. The first kappa shape index (κ1) is 5.44. The highest BCUT2D eigenvalue weighted by Gasteiger charge is 2.03. The fraction of sp³-hybridized carbons (Fsp3) is 0.250. The SMILES string of the molecule is Cc1nc(Cl)c(O)o1. The van der Waals surface area contributed by atoms with Gasteiger partial charge in [0.1, 0.15) is 0 Å². The Hall–Kier alpha value is -0.700. The number of halogens is 1. The van der Waals surface area contributed by atoms with Crippen LogP contribution in [0.3, 0.4) is 0 Å². The van der Waals surface area contributed by atoms with Crippen molar-refractivity contribution >= 4 is 11.6 Å². The van der Waals surface area contributed by atoms with Crippen molar-refractivity contribution in [1.29, 1.82) is 0 Å². The number of oxazole rings is 1. The molecule has 1 rings (SSSR count). The third kappa shape index (κ3) is 0.767. The Morgan fingerprint density at radius 3 is 2.50 bits per heavy atom. The number of hydrogen-bond donors (Lipinski definition) is 1. The fourth-order valence-corrected chi connectivity index (χ4v) is 0.548. The van der Waals surface area contributed by atoms with Crippen molar-refractivity contribution in [3.63, 3.8) is 0 Å². The van der Waals surface area contributed by atoms with Gasteiger partial charge in [0.2, 0.25) is 5.15 Å². The van der Waals surface area contributed by atoms with Gasteiger partial charge in [-0.05, 0) is 0 Å². The molecule has 0 unspecified atom stereocenters. The number of aromatic nitrogens is 1. The second kappa shape index (κ2) is 1.67. The first-order valence-corrected chi connectivity index (χ1v) is 2.40. The Kier molecular flexibility index (Phi) is 1.13. The summed E-state index contributed by atoms with van der Waals surface area (Å²) in [5.41, 5.74) is 0. The van der Waals surface area contributed by atoms with E-state index in [-0.39, 0.29) is 11.1 Å². The Labute approximate surface area is 50.9 Å². The summed E-state index contributed by atoms with van der Waals surface area (Å²) in [5.74, 6) is 0.0525. The molecule has 0 amide bonds. The van der Waals surface area contributed by atoms with Gasteiger partial charge in [0.15, 0.2) is 5.89 Å². The van der Waals surface area contributed by atoms with E-state index in [1.54, 1.807) is 6.92 Å². The fourth-order valence-electron chi connectivity index (χ4n) is 0.391. The summed E-state index contributed by atoms with van der Waals surface area (Å²) in [4.78, 5) is 3.56. The van der Waals surface area contributed by atoms with E-state index in [1.807, 2.05) is 0 Å².